The van der Waals surface area contributed by atoms with Crippen LogP contribution in [0, 0.1) is 17.8 Å². The topological polar surface area (TPSA) is 237 Å². The molecule has 0 aliphatic rings. The molecule has 3 N–H and O–H groups in total. The number of phosphoric acid groups is 2. The van der Waals surface area contributed by atoms with Gasteiger partial charge in [0.2, 0.25) is 0 Å². The Hall–Kier alpha value is -1.94. The Labute approximate surface area is 670 Å². The van der Waals surface area contributed by atoms with Crippen molar-refractivity contribution in [2.45, 2.75) is 497 Å². The largest absolute Gasteiger partial charge is 0.472 e. The summed E-state index contributed by atoms with van der Waals surface area (Å²) >= 11 is 0. The van der Waals surface area contributed by atoms with Gasteiger partial charge in [0.05, 0.1) is 26.4 Å². The zero-order valence-corrected chi connectivity index (χ0v) is 73.8. The van der Waals surface area contributed by atoms with Gasteiger partial charge in [-0.05, 0) is 43.4 Å². The van der Waals surface area contributed by atoms with E-state index in [0.717, 1.165) is 108 Å². The molecule has 0 aliphatic heterocycles. The summed E-state index contributed by atoms with van der Waals surface area (Å²) in [5, 5.41) is 10.7. The Morgan fingerprint density at radius 3 is 0.697 bits per heavy atom. The molecule has 648 valence electrons. The molecule has 3 unspecified atom stereocenters. The van der Waals surface area contributed by atoms with Gasteiger partial charge >= 0.3 is 39.5 Å². The Balaban J connectivity index is 5.23. The highest BCUT2D eigenvalue weighted by Crippen LogP contribution is 2.45. The van der Waals surface area contributed by atoms with Crippen molar-refractivity contribution in [3.63, 3.8) is 0 Å². The zero-order chi connectivity index (χ0) is 80.0. The molecule has 0 amide bonds. The molecule has 0 saturated carbocycles. The van der Waals surface area contributed by atoms with E-state index >= 15 is 0 Å². The van der Waals surface area contributed by atoms with Crippen LogP contribution < -0.4 is 0 Å². The van der Waals surface area contributed by atoms with Crippen LogP contribution >= 0.6 is 15.6 Å². The van der Waals surface area contributed by atoms with Crippen molar-refractivity contribution in [3.8, 4) is 0 Å². The van der Waals surface area contributed by atoms with E-state index in [4.69, 9.17) is 37.0 Å². The van der Waals surface area contributed by atoms with Crippen LogP contribution in [0.3, 0.4) is 0 Å². The lowest BCUT2D eigenvalue weighted by molar-refractivity contribution is -0.161. The van der Waals surface area contributed by atoms with Gasteiger partial charge in [-0.25, -0.2) is 9.13 Å². The van der Waals surface area contributed by atoms with Crippen LogP contribution in [0.5, 0.6) is 0 Å². The fourth-order valence-electron chi connectivity index (χ4n) is 14.0. The number of hydrogen-bond acceptors (Lipinski definition) is 15. The maximum atomic E-state index is 13.2. The van der Waals surface area contributed by atoms with Crippen molar-refractivity contribution in [2.75, 3.05) is 39.6 Å². The molecule has 17 nitrogen and oxygen atoms in total. The second-order valence-corrected chi connectivity index (χ2v) is 36.4. The van der Waals surface area contributed by atoms with Gasteiger partial charge in [0.25, 0.3) is 0 Å². The third-order valence-corrected chi connectivity index (χ3v) is 23.4. The second kappa shape index (κ2) is 79.9. The van der Waals surface area contributed by atoms with E-state index in [2.05, 4.69) is 48.5 Å². The van der Waals surface area contributed by atoms with Crippen LogP contribution in [0.25, 0.3) is 0 Å². The molecule has 0 aromatic carbocycles. The number of aliphatic hydroxyl groups is 1. The maximum absolute atomic E-state index is 13.2. The highest BCUT2D eigenvalue weighted by molar-refractivity contribution is 7.47. The molecule has 0 heterocycles. The van der Waals surface area contributed by atoms with Gasteiger partial charge in [0, 0.05) is 25.7 Å². The van der Waals surface area contributed by atoms with Gasteiger partial charge in [-0.1, -0.05) is 427 Å². The number of ether oxygens (including phenoxy) is 4. The monoisotopic (exact) mass is 1590 g/mol. The SMILES string of the molecule is CCCCCCCCCCCCCCCCCCCCCCCCC(=O)O[C@H](COC(=O)CCCCCCCCCCCCCCCCCCCCC(C)C)COP(=O)(O)OC[C@@H](O)COP(=O)(O)OC[C@@H](COC(=O)CCCCCCCCCCC(C)CC)OC(=O)CCCCCCCCCCCCCC(C)C. The summed E-state index contributed by atoms with van der Waals surface area (Å²) in [4.78, 5) is 73.4. The number of phosphoric ester groups is 2. The molecule has 0 radical (unpaired) electrons. The quantitative estimate of drug-likeness (QED) is 0.0222. The van der Waals surface area contributed by atoms with E-state index in [1.54, 1.807) is 0 Å². The van der Waals surface area contributed by atoms with E-state index in [1.165, 1.54) is 289 Å². The number of aliphatic hydroxyl groups excluding tert-OH is 1. The van der Waals surface area contributed by atoms with Crippen LogP contribution in [0.1, 0.15) is 479 Å². The normalized spacial score (nSPS) is 14.1. The second-order valence-electron chi connectivity index (χ2n) is 33.5. The van der Waals surface area contributed by atoms with Crippen molar-refractivity contribution < 1.29 is 80.2 Å². The molecular formula is C90H176O17P2. The van der Waals surface area contributed by atoms with Gasteiger partial charge < -0.3 is 33.8 Å². The maximum Gasteiger partial charge on any atom is 0.472 e. The first kappa shape index (κ1) is 107. The third-order valence-electron chi connectivity index (χ3n) is 21.5. The molecule has 0 aliphatic carbocycles. The minimum absolute atomic E-state index is 0.106. The summed E-state index contributed by atoms with van der Waals surface area (Å²) in [5.74, 6) is 0.264. The molecule has 0 aromatic heterocycles. The summed E-state index contributed by atoms with van der Waals surface area (Å²) in [5.41, 5.74) is 0. The van der Waals surface area contributed by atoms with E-state index in [1.807, 2.05) is 0 Å². The number of esters is 4. The molecule has 0 bridgehead atoms. The van der Waals surface area contributed by atoms with Gasteiger partial charge in [-0.2, -0.15) is 0 Å². The van der Waals surface area contributed by atoms with Gasteiger partial charge in [-0.3, -0.25) is 37.3 Å². The fraction of sp³-hybridized carbons (Fsp3) is 0.956. The van der Waals surface area contributed by atoms with Crippen LogP contribution in [0.4, 0.5) is 0 Å². The molecular weight excluding hydrogens is 1410 g/mol. The minimum atomic E-state index is -4.97. The fourth-order valence-corrected chi connectivity index (χ4v) is 15.6. The number of rotatable bonds is 88. The smallest absolute Gasteiger partial charge is 0.462 e. The Morgan fingerprint density at radius 1 is 0.266 bits per heavy atom. The highest BCUT2D eigenvalue weighted by atomic mass is 31.2. The summed E-state index contributed by atoms with van der Waals surface area (Å²) in [6.07, 6.45) is 72.3. The Kier molecular flexibility index (Phi) is 78.5. The molecule has 109 heavy (non-hydrogen) atoms. The average Bonchev–Trinajstić information content (AvgIpc) is 0.938. The van der Waals surface area contributed by atoms with Crippen LogP contribution in [-0.4, -0.2) is 96.7 Å². The summed E-state index contributed by atoms with van der Waals surface area (Å²) < 4.78 is 69.0. The van der Waals surface area contributed by atoms with Crippen LogP contribution in [0.15, 0.2) is 0 Å². The lowest BCUT2D eigenvalue weighted by Crippen LogP contribution is -2.30. The Morgan fingerprint density at radius 2 is 0.468 bits per heavy atom. The first-order valence-corrected chi connectivity index (χ1v) is 49.4. The first-order chi connectivity index (χ1) is 52.8. The van der Waals surface area contributed by atoms with Crippen molar-refractivity contribution >= 4 is 39.5 Å². The predicted octanol–water partition coefficient (Wildman–Crippen LogP) is 27.6. The van der Waals surface area contributed by atoms with Crippen LogP contribution in [-0.2, 0) is 65.4 Å². The van der Waals surface area contributed by atoms with E-state index in [-0.39, 0.29) is 25.7 Å². The predicted molar refractivity (Wildman–Crippen MR) is 451 cm³/mol. The van der Waals surface area contributed by atoms with E-state index in [0.29, 0.717) is 25.7 Å². The number of carbonyl (C=O) groups is 4. The minimum Gasteiger partial charge on any atom is -0.462 e. The van der Waals surface area contributed by atoms with Gasteiger partial charge in [0.1, 0.15) is 19.3 Å². The number of unbranched alkanes of at least 4 members (excludes halogenated alkanes) is 55. The highest BCUT2D eigenvalue weighted by Gasteiger charge is 2.31. The molecule has 6 atom stereocenters. The lowest BCUT2D eigenvalue weighted by Gasteiger charge is -2.21. The number of hydrogen-bond donors (Lipinski definition) is 3. The third kappa shape index (κ3) is 82.4. The first-order valence-electron chi connectivity index (χ1n) is 46.4. The van der Waals surface area contributed by atoms with E-state index in [9.17, 15) is 43.2 Å². The van der Waals surface area contributed by atoms with E-state index < -0.39 is 97.5 Å². The molecule has 19 heteroatoms. The molecule has 0 fully saturated rings. The van der Waals surface area contributed by atoms with Crippen molar-refractivity contribution in [1.29, 1.82) is 0 Å². The molecule has 0 rings (SSSR count). The Bertz CT molecular complexity index is 2100. The van der Waals surface area contributed by atoms with Gasteiger partial charge in [-0.15, -0.1) is 0 Å². The van der Waals surface area contributed by atoms with Crippen molar-refractivity contribution in [3.05, 3.63) is 0 Å². The summed E-state index contributed by atoms with van der Waals surface area (Å²) in [6.45, 7) is 12.0. The van der Waals surface area contributed by atoms with Crippen LogP contribution in [0.2, 0.25) is 0 Å². The average molecular weight is 1590 g/mol. The zero-order valence-electron chi connectivity index (χ0n) is 72.0. The standard InChI is InChI=1S/C90H176O17P2/c1-8-10-11-12-13-14-15-16-17-18-19-20-21-22-27-30-33-38-43-52-59-66-73-89(94)106-85(77-100-87(92)71-64-57-50-42-37-32-29-26-24-23-25-28-31-35-40-47-54-61-68-81(3)4)79-104-108(96,97)102-75-84(91)76-103-109(98,99)105-80-86(78-101-88(93)72-65-58-51-46-45-49-56-63-70-83(7)9-2)107-90(95)74-67-60-53-44-39-34-36-41-48-55-62-69-82(5)6/h81-86,91H,8-80H2,1-7H3,(H,96,97)(H,98,99)/t83?,84-,85-,86-/m1/s1. The molecule has 0 spiro atoms. The van der Waals surface area contributed by atoms with Gasteiger partial charge in [0.15, 0.2) is 12.2 Å². The molecule has 0 aromatic rings. The molecule has 0 saturated heterocycles. The van der Waals surface area contributed by atoms with Crippen molar-refractivity contribution in [2.24, 2.45) is 17.8 Å². The lowest BCUT2D eigenvalue weighted by atomic mass is 9.99. The summed E-state index contributed by atoms with van der Waals surface area (Å²) in [7, 11) is -9.93. The number of carbonyl (C=O) groups excluding carboxylic acids is 4. The van der Waals surface area contributed by atoms with Crippen molar-refractivity contribution in [1.82, 2.24) is 0 Å². The summed E-state index contributed by atoms with van der Waals surface area (Å²) in [6, 6.07) is 0.